The number of thiazole rings is 1. The van der Waals surface area contributed by atoms with Crippen molar-refractivity contribution in [3.63, 3.8) is 0 Å². The Labute approximate surface area is 233 Å². The number of hydrogen-bond acceptors (Lipinski definition) is 7. The topological polar surface area (TPSA) is 92.8 Å². The minimum absolute atomic E-state index is 0.0254. The van der Waals surface area contributed by atoms with E-state index in [4.69, 9.17) is 9.47 Å². The minimum Gasteiger partial charge on any atom is -0.493 e. The van der Waals surface area contributed by atoms with E-state index in [-0.39, 0.29) is 42.2 Å². The van der Waals surface area contributed by atoms with Gasteiger partial charge in [0.1, 0.15) is 5.75 Å². The van der Waals surface area contributed by atoms with E-state index in [1.807, 2.05) is 37.4 Å². The standard InChI is InChI=1S/C28H29F3N4O4S/c1-16-13-35(14-17(2)39-16)20-5-3-4-18(10-20)22-15-40-27(33-22)34-24(36)12-32-25(37)19-6-7-23-21(11-19)28(31,26(29)30)8-9-38-23/h3-7,10-11,15-17,26H,8-9,12-14H2,1-2H3,(H,32,37)(H,33,34,36)/t16-,17+,28-/m1/s1. The normalized spacial score (nSPS) is 22.4. The molecule has 1 aromatic heterocycles. The molecule has 2 amide bonds. The lowest BCUT2D eigenvalue weighted by Gasteiger charge is -2.37. The second-order valence-electron chi connectivity index (χ2n) is 9.95. The van der Waals surface area contributed by atoms with Crippen LogP contribution < -0.4 is 20.3 Å². The van der Waals surface area contributed by atoms with Crippen molar-refractivity contribution in [2.75, 3.05) is 36.5 Å². The molecule has 0 aliphatic carbocycles. The molecule has 40 heavy (non-hydrogen) atoms. The van der Waals surface area contributed by atoms with E-state index in [1.54, 1.807) is 0 Å². The van der Waals surface area contributed by atoms with E-state index < -0.39 is 30.3 Å². The Morgan fingerprint density at radius 1 is 1.18 bits per heavy atom. The van der Waals surface area contributed by atoms with Crippen LogP contribution in [0.1, 0.15) is 36.2 Å². The van der Waals surface area contributed by atoms with Crippen LogP contribution in [0.2, 0.25) is 0 Å². The SMILES string of the molecule is C[C@@H]1CN(c2cccc(-c3csc(NC(=O)CNC(=O)c4ccc5c(c4)[C@@](F)(C(F)F)CCO5)n3)c2)C[C@H](C)O1. The number of fused-ring (bicyclic) bond motifs is 1. The Morgan fingerprint density at radius 2 is 1.95 bits per heavy atom. The zero-order valence-corrected chi connectivity index (χ0v) is 22.8. The molecule has 2 aliphatic heterocycles. The number of nitrogens with one attached hydrogen (secondary N) is 2. The second kappa shape index (κ2) is 11.5. The van der Waals surface area contributed by atoms with Crippen molar-refractivity contribution in [3.8, 4) is 17.0 Å². The van der Waals surface area contributed by atoms with Crippen LogP contribution >= 0.6 is 11.3 Å². The maximum atomic E-state index is 14.9. The third-order valence-electron chi connectivity index (χ3n) is 6.85. The van der Waals surface area contributed by atoms with Gasteiger partial charge in [0.25, 0.3) is 12.3 Å². The van der Waals surface area contributed by atoms with Crippen LogP contribution in [0.25, 0.3) is 11.3 Å². The van der Waals surface area contributed by atoms with Gasteiger partial charge in [0.05, 0.1) is 31.1 Å². The third kappa shape index (κ3) is 5.92. The molecular weight excluding hydrogens is 545 g/mol. The van der Waals surface area contributed by atoms with Crippen molar-refractivity contribution < 1.29 is 32.2 Å². The van der Waals surface area contributed by atoms with Crippen molar-refractivity contribution in [2.24, 2.45) is 0 Å². The number of benzene rings is 2. The molecule has 0 bridgehead atoms. The summed E-state index contributed by atoms with van der Waals surface area (Å²) >= 11 is 1.25. The fraction of sp³-hybridized carbons (Fsp3) is 0.393. The summed E-state index contributed by atoms with van der Waals surface area (Å²) in [5.74, 6) is -1.25. The highest BCUT2D eigenvalue weighted by atomic mass is 32.1. The quantitative estimate of drug-likeness (QED) is 0.413. The van der Waals surface area contributed by atoms with Crippen molar-refractivity contribution >= 4 is 34.0 Å². The summed E-state index contributed by atoms with van der Waals surface area (Å²) in [5, 5.41) is 7.28. The molecule has 212 valence electrons. The van der Waals surface area contributed by atoms with E-state index >= 15 is 0 Å². The molecule has 1 fully saturated rings. The summed E-state index contributed by atoms with van der Waals surface area (Å²) in [6.45, 7) is 5.10. The van der Waals surface area contributed by atoms with E-state index in [2.05, 4.69) is 26.6 Å². The number of halogens is 3. The van der Waals surface area contributed by atoms with Gasteiger partial charge >= 0.3 is 0 Å². The lowest BCUT2D eigenvalue weighted by Crippen LogP contribution is -2.45. The minimum atomic E-state index is -3.27. The smallest absolute Gasteiger partial charge is 0.276 e. The molecule has 5 rings (SSSR count). The van der Waals surface area contributed by atoms with Gasteiger partial charge in [0, 0.05) is 47.3 Å². The summed E-state index contributed by atoms with van der Waals surface area (Å²) in [4.78, 5) is 31.9. The van der Waals surface area contributed by atoms with Crippen LogP contribution in [-0.4, -0.2) is 61.7 Å². The zero-order chi connectivity index (χ0) is 28.4. The zero-order valence-electron chi connectivity index (χ0n) is 22.0. The molecule has 3 heterocycles. The van der Waals surface area contributed by atoms with Crippen LogP contribution in [0.4, 0.5) is 24.0 Å². The number of alkyl halides is 3. The number of carbonyl (C=O) groups excluding carboxylic acids is 2. The summed E-state index contributed by atoms with van der Waals surface area (Å²) in [6.07, 6.45) is -3.52. The van der Waals surface area contributed by atoms with E-state index in [0.29, 0.717) is 10.8 Å². The molecule has 8 nitrogen and oxygen atoms in total. The Hall–Kier alpha value is -3.64. The maximum absolute atomic E-state index is 14.9. The van der Waals surface area contributed by atoms with Crippen LogP contribution in [0.15, 0.2) is 47.8 Å². The molecule has 0 spiro atoms. The van der Waals surface area contributed by atoms with Crippen molar-refractivity contribution in [2.45, 2.75) is 44.6 Å². The first-order valence-corrected chi connectivity index (χ1v) is 13.8. The highest BCUT2D eigenvalue weighted by molar-refractivity contribution is 7.14. The molecule has 0 unspecified atom stereocenters. The summed E-state index contributed by atoms with van der Waals surface area (Å²) in [6, 6.07) is 11.7. The molecule has 0 radical (unpaired) electrons. The van der Waals surface area contributed by atoms with Gasteiger partial charge in [0.15, 0.2) is 5.13 Å². The van der Waals surface area contributed by atoms with Gasteiger partial charge in [-0.15, -0.1) is 11.3 Å². The van der Waals surface area contributed by atoms with E-state index in [1.165, 1.54) is 23.5 Å². The number of morpholine rings is 1. The van der Waals surface area contributed by atoms with Crippen molar-refractivity contribution in [3.05, 3.63) is 59.0 Å². The monoisotopic (exact) mass is 574 g/mol. The number of carbonyl (C=O) groups is 2. The lowest BCUT2D eigenvalue weighted by molar-refractivity contribution is -0.115. The van der Waals surface area contributed by atoms with Crippen LogP contribution in [-0.2, 0) is 15.2 Å². The molecule has 2 N–H and O–H groups in total. The fourth-order valence-electron chi connectivity index (χ4n) is 4.93. The summed E-state index contributed by atoms with van der Waals surface area (Å²) in [7, 11) is 0. The van der Waals surface area contributed by atoms with Gasteiger partial charge < -0.3 is 25.0 Å². The molecule has 1 saturated heterocycles. The third-order valence-corrected chi connectivity index (χ3v) is 7.60. The predicted octanol–water partition coefficient (Wildman–Crippen LogP) is 5.00. The average Bonchev–Trinajstić information content (AvgIpc) is 3.39. The van der Waals surface area contributed by atoms with Gasteiger partial charge in [-0.25, -0.2) is 18.2 Å². The van der Waals surface area contributed by atoms with Gasteiger partial charge in [-0.05, 0) is 44.2 Å². The Kier molecular flexibility index (Phi) is 7.99. The molecular formula is C28H29F3N4O4S. The summed E-state index contributed by atoms with van der Waals surface area (Å²) in [5.41, 5.74) is -0.664. The van der Waals surface area contributed by atoms with Crippen LogP contribution in [0.3, 0.4) is 0 Å². The number of anilines is 2. The Balaban J connectivity index is 1.19. The molecule has 0 saturated carbocycles. The van der Waals surface area contributed by atoms with Gasteiger partial charge in [-0.2, -0.15) is 0 Å². The number of aromatic nitrogens is 1. The molecule has 3 aromatic rings. The Bertz CT molecular complexity index is 1390. The second-order valence-corrected chi connectivity index (χ2v) is 10.8. The first-order valence-electron chi connectivity index (χ1n) is 12.9. The van der Waals surface area contributed by atoms with Gasteiger partial charge in [0.2, 0.25) is 11.6 Å². The average molecular weight is 575 g/mol. The van der Waals surface area contributed by atoms with E-state index in [9.17, 15) is 22.8 Å². The predicted molar refractivity (Wildman–Crippen MR) is 146 cm³/mol. The first-order chi connectivity index (χ1) is 19.1. The number of hydrogen-bond donors (Lipinski definition) is 2. The van der Waals surface area contributed by atoms with Gasteiger partial charge in [-0.1, -0.05) is 12.1 Å². The maximum Gasteiger partial charge on any atom is 0.276 e. The van der Waals surface area contributed by atoms with Crippen molar-refractivity contribution in [1.29, 1.82) is 0 Å². The van der Waals surface area contributed by atoms with Gasteiger partial charge in [-0.3, -0.25) is 9.59 Å². The highest BCUT2D eigenvalue weighted by Crippen LogP contribution is 2.44. The molecule has 3 atom stereocenters. The molecule has 12 heteroatoms. The van der Waals surface area contributed by atoms with E-state index in [0.717, 1.165) is 30.4 Å². The largest absolute Gasteiger partial charge is 0.493 e. The van der Waals surface area contributed by atoms with Crippen molar-refractivity contribution in [1.82, 2.24) is 10.3 Å². The number of rotatable bonds is 7. The number of ether oxygens (including phenoxy) is 2. The number of amides is 2. The molecule has 2 aromatic carbocycles. The first kappa shape index (κ1) is 27.9. The fourth-order valence-corrected chi connectivity index (χ4v) is 5.67. The highest BCUT2D eigenvalue weighted by Gasteiger charge is 2.46. The Morgan fingerprint density at radius 3 is 2.70 bits per heavy atom. The molecule has 2 aliphatic rings. The lowest BCUT2D eigenvalue weighted by atomic mass is 9.89. The van der Waals surface area contributed by atoms with Crippen LogP contribution in [0.5, 0.6) is 5.75 Å². The van der Waals surface area contributed by atoms with Crippen LogP contribution in [0, 0.1) is 0 Å². The summed E-state index contributed by atoms with van der Waals surface area (Å²) < 4.78 is 52.9. The number of nitrogens with zero attached hydrogens (tertiary/aromatic N) is 2.